The van der Waals surface area contributed by atoms with Crippen molar-refractivity contribution < 1.29 is 9.18 Å². The molecule has 1 fully saturated rings. The van der Waals surface area contributed by atoms with E-state index >= 15 is 0 Å². The molecule has 1 aromatic carbocycles. The van der Waals surface area contributed by atoms with Gasteiger partial charge in [0.1, 0.15) is 5.82 Å². The van der Waals surface area contributed by atoms with Gasteiger partial charge in [-0.05, 0) is 43.5 Å². The van der Waals surface area contributed by atoms with Crippen molar-refractivity contribution in [2.75, 3.05) is 13.1 Å². The number of hydrogen-bond donors (Lipinski definition) is 0. The maximum Gasteiger partial charge on any atom is 0.228 e. The number of halogens is 1. The number of benzene rings is 1. The van der Waals surface area contributed by atoms with Crippen LogP contribution in [-0.2, 0) is 11.2 Å². The zero-order valence-electron chi connectivity index (χ0n) is 13.2. The number of likely N-dealkylation sites (tertiary alicyclic amines) is 1. The van der Waals surface area contributed by atoms with Gasteiger partial charge in [0.15, 0.2) is 4.96 Å². The Kier molecular flexibility index (Phi) is 4.06. The van der Waals surface area contributed by atoms with Crippen LogP contribution in [0.5, 0.6) is 0 Å². The van der Waals surface area contributed by atoms with Crippen molar-refractivity contribution in [1.82, 2.24) is 14.3 Å². The molecular formula is C18H18FN3OS. The molecule has 0 spiro atoms. The van der Waals surface area contributed by atoms with Crippen molar-refractivity contribution in [3.63, 3.8) is 0 Å². The third-order valence-electron chi connectivity index (χ3n) is 4.46. The Morgan fingerprint density at radius 1 is 1.17 bits per heavy atom. The van der Waals surface area contributed by atoms with Crippen molar-refractivity contribution >= 4 is 22.2 Å². The molecule has 6 heteroatoms. The predicted molar refractivity (Wildman–Crippen MR) is 92.6 cm³/mol. The minimum Gasteiger partial charge on any atom is -0.342 e. The molecular weight excluding hydrogens is 325 g/mol. The summed E-state index contributed by atoms with van der Waals surface area (Å²) in [5.74, 6) is -0.0704. The molecule has 3 heterocycles. The second-order valence-electron chi connectivity index (χ2n) is 6.13. The molecule has 0 N–H and O–H groups in total. The number of piperidine rings is 1. The number of thiazole rings is 1. The third kappa shape index (κ3) is 2.94. The molecule has 0 bridgehead atoms. The lowest BCUT2D eigenvalue weighted by molar-refractivity contribution is -0.131. The first kappa shape index (κ1) is 15.3. The van der Waals surface area contributed by atoms with Crippen LogP contribution in [0.3, 0.4) is 0 Å². The molecule has 1 aliphatic heterocycles. The standard InChI is InChI=1S/C18H18FN3OS/c19-14-6-4-13(5-7-14)16-11-22-15(12-24-18(22)20-16)10-17(23)21-8-2-1-3-9-21/h4-7,11-12H,1-3,8-10H2. The second-order valence-corrected chi connectivity index (χ2v) is 6.97. The number of rotatable bonds is 3. The van der Waals surface area contributed by atoms with Crippen LogP contribution >= 0.6 is 11.3 Å². The number of imidazole rings is 1. The van der Waals surface area contributed by atoms with E-state index in [0.717, 1.165) is 47.8 Å². The molecule has 0 radical (unpaired) electrons. The average molecular weight is 343 g/mol. The number of hydrogen-bond acceptors (Lipinski definition) is 3. The summed E-state index contributed by atoms with van der Waals surface area (Å²) in [5.41, 5.74) is 2.64. The zero-order valence-corrected chi connectivity index (χ0v) is 14.1. The van der Waals surface area contributed by atoms with E-state index in [1.807, 2.05) is 20.9 Å². The number of nitrogens with zero attached hydrogens (tertiary/aromatic N) is 3. The van der Waals surface area contributed by atoms with Crippen molar-refractivity contribution in [2.24, 2.45) is 0 Å². The number of fused-ring (bicyclic) bond motifs is 1. The van der Waals surface area contributed by atoms with Crippen molar-refractivity contribution in [3.8, 4) is 11.3 Å². The van der Waals surface area contributed by atoms with Crippen LogP contribution in [0.25, 0.3) is 16.2 Å². The number of carbonyl (C=O) groups is 1. The van der Waals surface area contributed by atoms with E-state index in [-0.39, 0.29) is 11.7 Å². The summed E-state index contributed by atoms with van der Waals surface area (Å²) in [6.45, 7) is 1.74. The van der Waals surface area contributed by atoms with Gasteiger partial charge in [-0.15, -0.1) is 11.3 Å². The third-order valence-corrected chi connectivity index (χ3v) is 5.35. The minimum atomic E-state index is -0.257. The summed E-state index contributed by atoms with van der Waals surface area (Å²) in [6, 6.07) is 6.31. The van der Waals surface area contributed by atoms with Crippen LogP contribution in [0.15, 0.2) is 35.8 Å². The smallest absolute Gasteiger partial charge is 0.228 e. The van der Waals surface area contributed by atoms with Crippen molar-refractivity contribution in [3.05, 3.63) is 47.4 Å². The highest BCUT2D eigenvalue weighted by Gasteiger charge is 2.19. The summed E-state index contributed by atoms with van der Waals surface area (Å²) < 4.78 is 15.0. The van der Waals surface area contributed by atoms with Crippen LogP contribution in [0.2, 0.25) is 0 Å². The first-order valence-electron chi connectivity index (χ1n) is 8.20. The molecule has 0 saturated carbocycles. The van der Waals surface area contributed by atoms with Crippen molar-refractivity contribution in [1.29, 1.82) is 0 Å². The summed E-state index contributed by atoms with van der Waals surface area (Å²) in [7, 11) is 0. The van der Waals surface area contributed by atoms with E-state index in [1.54, 1.807) is 12.1 Å². The molecule has 1 saturated heterocycles. The molecule has 1 aliphatic rings. The molecule has 4 nitrogen and oxygen atoms in total. The summed E-state index contributed by atoms with van der Waals surface area (Å²) in [4.78, 5) is 19.9. The van der Waals surface area contributed by atoms with Gasteiger partial charge in [0.2, 0.25) is 5.91 Å². The van der Waals surface area contributed by atoms with Gasteiger partial charge in [0.05, 0.1) is 12.1 Å². The Bertz CT molecular complexity index is 862. The number of amides is 1. The van der Waals surface area contributed by atoms with Gasteiger partial charge in [-0.1, -0.05) is 0 Å². The lowest BCUT2D eigenvalue weighted by Crippen LogP contribution is -2.36. The molecule has 0 aliphatic carbocycles. The quantitative estimate of drug-likeness (QED) is 0.726. The minimum absolute atomic E-state index is 0.187. The second kappa shape index (κ2) is 6.36. The van der Waals surface area contributed by atoms with Crippen LogP contribution in [0, 0.1) is 5.82 Å². The number of carbonyl (C=O) groups excluding carboxylic acids is 1. The highest BCUT2D eigenvalue weighted by Crippen LogP contribution is 2.24. The topological polar surface area (TPSA) is 37.6 Å². The summed E-state index contributed by atoms with van der Waals surface area (Å²) in [5, 5.41) is 2.00. The molecule has 1 amide bonds. The highest BCUT2D eigenvalue weighted by atomic mass is 32.1. The molecule has 0 unspecified atom stereocenters. The molecule has 0 atom stereocenters. The van der Waals surface area contributed by atoms with E-state index in [2.05, 4.69) is 4.98 Å². The number of aromatic nitrogens is 2. The van der Waals surface area contributed by atoms with Gasteiger partial charge in [0, 0.05) is 35.9 Å². The first-order chi connectivity index (χ1) is 11.7. The normalized spacial score (nSPS) is 15.1. The largest absolute Gasteiger partial charge is 0.342 e. The Balaban J connectivity index is 1.58. The van der Waals surface area contributed by atoms with E-state index in [1.165, 1.54) is 29.9 Å². The Labute approximate surface area is 143 Å². The fraction of sp³-hybridized carbons (Fsp3) is 0.333. The highest BCUT2D eigenvalue weighted by molar-refractivity contribution is 7.15. The van der Waals surface area contributed by atoms with Crippen LogP contribution in [0.1, 0.15) is 25.0 Å². The summed E-state index contributed by atoms with van der Waals surface area (Å²) >= 11 is 1.53. The van der Waals surface area contributed by atoms with Gasteiger partial charge >= 0.3 is 0 Å². The van der Waals surface area contributed by atoms with Crippen molar-refractivity contribution in [2.45, 2.75) is 25.7 Å². The van der Waals surface area contributed by atoms with Gasteiger partial charge in [0.25, 0.3) is 0 Å². The van der Waals surface area contributed by atoms with Gasteiger partial charge in [-0.25, -0.2) is 9.37 Å². The lowest BCUT2D eigenvalue weighted by atomic mass is 10.1. The molecule has 2 aromatic heterocycles. The van der Waals surface area contributed by atoms with E-state index < -0.39 is 0 Å². The monoisotopic (exact) mass is 343 g/mol. The van der Waals surface area contributed by atoms with Crippen LogP contribution in [0.4, 0.5) is 4.39 Å². The van der Waals surface area contributed by atoms with Gasteiger partial charge in [-0.2, -0.15) is 0 Å². The summed E-state index contributed by atoms with van der Waals surface area (Å²) in [6.07, 6.45) is 5.75. The molecule has 124 valence electrons. The Morgan fingerprint density at radius 2 is 1.92 bits per heavy atom. The average Bonchev–Trinajstić information content (AvgIpc) is 3.18. The molecule has 3 aromatic rings. The van der Waals surface area contributed by atoms with E-state index in [0.29, 0.717) is 6.42 Å². The SMILES string of the molecule is O=C(Cc1csc2nc(-c3ccc(F)cc3)cn12)N1CCCCC1. The fourth-order valence-corrected chi connectivity index (χ4v) is 4.00. The Morgan fingerprint density at radius 3 is 2.67 bits per heavy atom. The first-order valence-corrected chi connectivity index (χ1v) is 9.08. The van der Waals surface area contributed by atoms with E-state index in [9.17, 15) is 9.18 Å². The van der Waals surface area contributed by atoms with Gasteiger partial charge in [-0.3, -0.25) is 9.20 Å². The van der Waals surface area contributed by atoms with E-state index in [4.69, 9.17) is 0 Å². The predicted octanol–water partition coefficient (Wildman–Crippen LogP) is 3.76. The maximum absolute atomic E-state index is 13.1. The Hall–Kier alpha value is -2.21. The maximum atomic E-state index is 13.1. The molecule has 4 rings (SSSR count). The fourth-order valence-electron chi connectivity index (χ4n) is 3.13. The van der Waals surface area contributed by atoms with Crippen LogP contribution < -0.4 is 0 Å². The lowest BCUT2D eigenvalue weighted by Gasteiger charge is -2.26. The van der Waals surface area contributed by atoms with Crippen LogP contribution in [-0.4, -0.2) is 33.3 Å². The van der Waals surface area contributed by atoms with Gasteiger partial charge < -0.3 is 4.90 Å². The zero-order chi connectivity index (χ0) is 16.5. The molecule has 24 heavy (non-hydrogen) atoms.